The van der Waals surface area contributed by atoms with Crippen molar-refractivity contribution in [3.05, 3.63) is 77.8 Å². The van der Waals surface area contributed by atoms with Gasteiger partial charge in [-0.25, -0.2) is 4.98 Å². The van der Waals surface area contributed by atoms with Gasteiger partial charge in [-0.05, 0) is 22.9 Å². The van der Waals surface area contributed by atoms with Gasteiger partial charge in [-0.3, -0.25) is 0 Å². The van der Waals surface area contributed by atoms with Gasteiger partial charge < -0.3 is 0 Å². The SMILES string of the molecule is Clc1cccc2c1ccc1ccc3sc(-c4ccccc4)nc3c12. The number of fused-ring (bicyclic) bond motifs is 5. The van der Waals surface area contributed by atoms with Crippen LogP contribution in [0.5, 0.6) is 0 Å². The monoisotopic (exact) mass is 345 g/mol. The number of hydrogen-bond donors (Lipinski definition) is 0. The lowest BCUT2D eigenvalue weighted by molar-refractivity contribution is 1.49. The van der Waals surface area contributed by atoms with Gasteiger partial charge in [0.1, 0.15) is 5.01 Å². The van der Waals surface area contributed by atoms with Crippen molar-refractivity contribution in [2.24, 2.45) is 0 Å². The number of benzene rings is 4. The van der Waals surface area contributed by atoms with Crippen molar-refractivity contribution in [3.63, 3.8) is 0 Å². The van der Waals surface area contributed by atoms with Crippen LogP contribution < -0.4 is 0 Å². The van der Waals surface area contributed by atoms with E-state index in [1.54, 1.807) is 11.3 Å². The Kier molecular flexibility index (Phi) is 3.09. The molecular formula is C21H12ClNS. The van der Waals surface area contributed by atoms with E-state index < -0.39 is 0 Å². The average Bonchev–Trinajstić information content (AvgIpc) is 3.07. The average molecular weight is 346 g/mol. The van der Waals surface area contributed by atoms with Gasteiger partial charge in [0.25, 0.3) is 0 Å². The normalized spacial score (nSPS) is 11.5. The molecule has 0 atom stereocenters. The summed E-state index contributed by atoms with van der Waals surface area (Å²) in [4.78, 5) is 4.97. The molecule has 3 heteroatoms. The first kappa shape index (κ1) is 14.0. The maximum absolute atomic E-state index is 6.39. The van der Waals surface area contributed by atoms with Crippen molar-refractivity contribution in [1.82, 2.24) is 4.98 Å². The van der Waals surface area contributed by atoms with Crippen LogP contribution in [0, 0.1) is 0 Å². The van der Waals surface area contributed by atoms with Crippen molar-refractivity contribution >= 4 is 54.7 Å². The zero-order chi connectivity index (χ0) is 16.1. The van der Waals surface area contributed by atoms with Crippen LogP contribution in [0.25, 0.3) is 42.3 Å². The molecule has 0 radical (unpaired) electrons. The van der Waals surface area contributed by atoms with Gasteiger partial charge in [-0.15, -0.1) is 11.3 Å². The Morgan fingerprint density at radius 1 is 0.750 bits per heavy atom. The van der Waals surface area contributed by atoms with E-state index in [0.29, 0.717) is 0 Å². The standard InChI is InChI=1S/C21H12ClNS/c22-17-8-4-7-16-15(17)11-9-13-10-12-18-20(19(13)16)23-21(24-18)14-5-2-1-3-6-14/h1-12H. The molecule has 1 nitrogen and oxygen atoms in total. The smallest absolute Gasteiger partial charge is 0.124 e. The second kappa shape index (κ2) is 5.30. The van der Waals surface area contributed by atoms with Gasteiger partial charge >= 0.3 is 0 Å². The third-order valence-electron chi connectivity index (χ3n) is 4.37. The molecule has 0 saturated carbocycles. The topological polar surface area (TPSA) is 12.9 Å². The fourth-order valence-corrected chi connectivity index (χ4v) is 4.45. The molecule has 1 heterocycles. The fourth-order valence-electron chi connectivity index (χ4n) is 3.23. The molecule has 0 bridgehead atoms. The molecule has 0 saturated heterocycles. The summed E-state index contributed by atoms with van der Waals surface area (Å²) < 4.78 is 1.20. The van der Waals surface area contributed by atoms with Crippen LogP contribution in [-0.2, 0) is 0 Å². The van der Waals surface area contributed by atoms with Crippen molar-refractivity contribution < 1.29 is 0 Å². The Balaban J connectivity index is 1.92. The molecule has 1 aromatic heterocycles. The minimum Gasteiger partial charge on any atom is -0.235 e. The summed E-state index contributed by atoms with van der Waals surface area (Å²) in [5, 5.41) is 6.46. The van der Waals surface area contributed by atoms with E-state index >= 15 is 0 Å². The lowest BCUT2D eigenvalue weighted by Crippen LogP contribution is -1.81. The third kappa shape index (κ3) is 2.04. The van der Waals surface area contributed by atoms with Crippen LogP contribution in [0.2, 0.25) is 5.02 Å². The molecule has 0 aliphatic heterocycles. The van der Waals surface area contributed by atoms with E-state index in [4.69, 9.17) is 16.6 Å². The van der Waals surface area contributed by atoms with Crippen LogP contribution in [-0.4, -0.2) is 4.98 Å². The Bertz CT molecular complexity index is 1210. The van der Waals surface area contributed by atoms with Gasteiger partial charge in [-0.2, -0.15) is 0 Å². The molecule has 0 unspecified atom stereocenters. The number of nitrogens with zero attached hydrogens (tertiary/aromatic N) is 1. The molecule has 5 rings (SSSR count). The molecule has 24 heavy (non-hydrogen) atoms. The Hall–Kier alpha value is -2.42. The van der Waals surface area contributed by atoms with E-state index in [-0.39, 0.29) is 0 Å². The summed E-state index contributed by atoms with van der Waals surface area (Å²) in [7, 11) is 0. The summed E-state index contributed by atoms with van der Waals surface area (Å²) in [5.74, 6) is 0. The zero-order valence-corrected chi connectivity index (χ0v) is 14.2. The first-order chi connectivity index (χ1) is 11.8. The van der Waals surface area contributed by atoms with E-state index in [1.165, 1.54) is 15.5 Å². The highest BCUT2D eigenvalue weighted by Crippen LogP contribution is 2.38. The Morgan fingerprint density at radius 2 is 1.58 bits per heavy atom. The largest absolute Gasteiger partial charge is 0.235 e. The highest BCUT2D eigenvalue weighted by molar-refractivity contribution is 7.21. The van der Waals surface area contributed by atoms with Gasteiger partial charge in [0.15, 0.2) is 0 Å². The molecule has 0 spiro atoms. The van der Waals surface area contributed by atoms with Gasteiger partial charge in [-0.1, -0.05) is 72.3 Å². The summed E-state index contributed by atoms with van der Waals surface area (Å²) in [6, 6.07) is 25.0. The summed E-state index contributed by atoms with van der Waals surface area (Å²) in [5.41, 5.74) is 2.22. The summed E-state index contributed by atoms with van der Waals surface area (Å²) >= 11 is 8.13. The lowest BCUT2D eigenvalue weighted by atomic mass is 10.0. The van der Waals surface area contributed by atoms with Crippen LogP contribution in [0.4, 0.5) is 0 Å². The molecule has 0 fully saturated rings. The maximum Gasteiger partial charge on any atom is 0.124 e. The van der Waals surface area contributed by atoms with Crippen molar-refractivity contribution in [2.45, 2.75) is 0 Å². The van der Waals surface area contributed by atoms with Gasteiger partial charge in [0.2, 0.25) is 0 Å². The molecule has 4 aromatic carbocycles. The fraction of sp³-hybridized carbons (Fsp3) is 0. The van der Waals surface area contributed by atoms with Crippen LogP contribution in [0.1, 0.15) is 0 Å². The molecule has 0 amide bonds. The Labute approximate surface area is 148 Å². The van der Waals surface area contributed by atoms with E-state index in [0.717, 1.165) is 31.9 Å². The number of rotatable bonds is 1. The molecular weight excluding hydrogens is 334 g/mol. The van der Waals surface area contributed by atoms with E-state index in [2.05, 4.69) is 54.6 Å². The first-order valence-corrected chi connectivity index (χ1v) is 8.96. The second-order valence-corrected chi connectivity index (χ2v) is 7.23. The van der Waals surface area contributed by atoms with Crippen molar-refractivity contribution in [2.75, 3.05) is 0 Å². The number of halogens is 1. The number of aromatic nitrogens is 1. The van der Waals surface area contributed by atoms with Crippen molar-refractivity contribution in [3.8, 4) is 10.6 Å². The number of thiazole rings is 1. The molecule has 0 N–H and O–H groups in total. The van der Waals surface area contributed by atoms with Crippen LogP contribution >= 0.6 is 22.9 Å². The summed E-state index contributed by atoms with van der Waals surface area (Å²) in [6.45, 7) is 0. The third-order valence-corrected chi connectivity index (χ3v) is 5.76. The summed E-state index contributed by atoms with van der Waals surface area (Å²) in [6.07, 6.45) is 0. The molecule has 0 aliphatic rings. The first-order valence-electron chi connectivity index (χ1n) is 7.77. The molecule has 5 aromatic rings. The molecule has 0 aliphatic carbocycles. The second-order valence-electron chi connectivity index (χ2n) is 5.80. The predicted octanol–water partition coefficient (Wildman–Crippen LogP) is 6.92. The minimum atomic E-state index is 0.782. The van der Waals surface area contributed by atoms with Crippen LogP contribution in [0.15, 0.2) is 72.8 Å². The zero-order valence-electron chi connectivity index (χ0n) is 12.7. The quantitative estimate of drug-likeness (QED) is 0.300. The Morgan fingerprint density at radius 3 is 2.46 bits per heavy atom. The maximum atomic E-state index is 6.39. The van der Waals surface area contributed by atoms with Crippen LogP contribution in [0.3, 0.4) is 0 Å². The lowest BCUT2D eigenvalue weighted by Gasteiger charge is -2.06. The highest BCUT2D eigenvalue weighted by atomic mass is 35.5. The van der Waals surface area contributed by atoms with Gasteiger partial charge in [0.05, 0.1) is 10.2 Å². The number of hydrogen-bond acceptors (Lipinski definition) is 2. The van der Waals surface area contributed by atoms with Gasteiger partial charge in [0, 0.05) is 21.4 Å². The van der Waals surface area contributed by atoms with E-state index in [1.807, 2.05) is 18.2 Å². The molecule has 114 valence electrons. The predicted molar refractivity (Wildman–Crippen MR) is 105 cm³/mol. The van der Waals surface area contributed by atoms with E-state index in [9.17, 15) is 0 Å². The van der Waals surface area contributed by atoms with Crippen molar-refractivity contribution in [1.29, 1.82) is 0 Å². The minimum absolute atomic E-state index is 0.782. The highest BCUT2D eigenvalue weighted by Gasteiger charge is 2.12.